The standard InChI is InChI=1S/C16H14N2OS2/c19-16(11-5-6-12-15(9-11)21-10-17-12)18-7-1-3-13(18)14-4-2-8-20-14/h2,4-6,8-10,13H,1,3,7H2. The third-order valence-electron chi connectivity index (χ3n) is 3.96. The molecule has 3 nitrogen and oxygen atoms in total. The van der Waals surface area contributed by atoms with Crippen LogP contribution >= 0.6 is 22.7 Å². The number of aromatic nitrogens is 1. The predicted molar refractivity (Wildman–Crippen MR) is 87.0 cm³/mol. The number of fused-ring (bicyclic) bond motifs is 1. The molecule has 1 aliphatic rings. The highest BCUT2D eigenvalue weighted by molar-refractivity contribution is 7.16. The lowest BCUT2D eigenvalue weighted by Crippen LogP contribution is -2.30. The molecule has 1 aliphatic heterocycles. The predicted octanol–water partition coefficient (Wildman–Crippen LogP) is 4.34. The molecule has 1 saturated heterocycles. The third-order valence-corrected chi connectivity index (χ3v) is 5.73. The molecule has 5 heteroatoms. The summed E-state index contributed by atoms with van der Waals surface area (Å²) in [6.45, 7) is 0.849. The van der Waals surface area contributed by atoms with Gasteiger partial charge in [-0.3, -0.25) is 4.79 Å². The molecule has 1 fully saturated rings. The molecule has 2 aromatic heterocycles. The summed E-state index contributed by atoms with van der Waals surface area (Å²) in [5, 5.41) is 2.08. The zero-order chi connectivity index (χ0) is 14.2. The van der Waals surface area contributed by atoms with Gasteiger partial charge in [-0.2, -0.15) is 0 Å². The highest BCUT2D eigenvalue weighted by Gasteiger charge is 2.31. The molecular weight excluding hydrogens is 300 g/mol. The van der Waals surface area contributed by atoms with Gasteiger partial charge in [0.1, 0.15) is 0 Å². The first kappa shape index (κ1) is 13.0. The Bertz CT molecular complexity index is 779. The fourth-order valence-corrected chi connectivity index (χ4v) is 4.53. The van der Waals surface area contributed by atoms with Crippen LogP contribution in [-0.4, -0.2) is 22.3 Å². The Kier molecular flexibility index (Phi) is 3.24. The number of carbonyl (C=O) groups is 1. The van der Waals surface area contributed by atoms with Crippen molar-refractivity contribution in [3.8, 4) is 0 Å². The number of hydrogen-bond donors (Lipinski definition) is 0. The minimum atomic E-state index is 0.140. The number of carbonyl (C=O) groups excluding carboxylic acids is 1. The van der Waals surface area contributed by atoms with Gasteiger partial charge in [0, 0.05) is 17.0 Å². The first-order valence-electron chi connectivity index (χ1n) is 7.00. The number of likely N-dealkylation sites (tertiary alicyclic amines) is 1. The van der Waals surface area contributed by atoms with E-state index in [0.717, 1.165) is 35.2 Å². The Morgan fingerprint density at radius 3 is 3.10 bits per heavy atom. The van der Waals surface area contributed by atoms with E-state index in [9.17, 15) is 4.79 Å². The van der Waals surface area contributed by atoms with Gasteiger partial charge in [0.05, 0.1) is 21.8 Å². The molecule has 21 heavy (non-hydrogen) atoms. The van der Waals surface area contributed by atoms with E-state index in [4.69, 9.17) is 0 Å². The Labute approximate surface area is 130 Å². The van der Waals surface area contributed by atoms with Crippen molar-refractivity contribution < 1.29 is 4.79 Å². The van der Waals surface area contributed by atoms with Crippen LogP contribution in [0.4, 0.5) is 0 Å². The molecule has 1 aromatic carbocycles. The second-order valence-corrected chi connectivity index (χ2v) is 7.07. The molecule has 0 bridgehead atoms. The van der Waals surface area contributed by atoms with Crippen molar-refractivity contribution in [2.24, 2.45) is 0 Å². The largest absolute Gasteiger partial charge is 0.331 e. The summed E-state index contributed by atoms with van der Waals surface area (Å²) in [4.78, 5) is 20.4. The highest BCUT2D eigenvalue weighted by atomic mass is 32.1. The van der Waals surface area contributed by atoms with Crippen LogP contribution in [0.3, 0.4) is 0 Å². The van der Waals surface area contributed by atoms with Gasteiger partial charge in [-0.05, 0) is 42.5 Å². The molecule has 4 rings (SSSR count). The first-order valence-corrected chi connectivity index (χ1v) is 8.76. The molecule has 0 radical (unpaired) electrons. The lowest BCUT2D eigenvalue weighted by molar-refractivity contribution is 0.0738. The van der Waals surface area contributed by atoms with Crippen molar-refractivity contribution in [3.63, 3.8) is 0 Å². The molecular formula is C16H14N2OS2. The second-order valence-electron chi connectivity index (χ2n) is 5.21. The second kappa shape index (κ2) is 5.24. The van der Waals surface area contributed by atoms with Gasteiger partial charge in [-0.15, -0.1) is 22.7 Å². The zero-order valence-electron chi connectivity index (χ0n) is 11.4. The minimum absolute atomic E-state index is 0.140. The molecule has 3 heterocycles. The molecule has 3 aromatic rings. The van der Waals surface area contributed by atoms with E-state index in [1.165, 1.54) is 4.88 Å². The van der Waals surface area contributed by atoms with Crippen molar-refractivity contribution in [2.45, 2.75) is 18.9 Å². The highest BCUT2D eigenvalue weighted by Crippen LogP contribution is 2.35. The van der Waals surface area contributed by atoms with E-state index >= 15 is 0 Å². The number of hydrogen-bond acceptors (Lipinski definition) is 4. The van der Waals surface area contributed by atoms with E-state index in [2.05, 4.69) is 22.5 Å². The first-order chi connectivity index (χ1) is 10.3. The van der Waals surface area contributed by atoms with Crippen LogP contribution in [0.2, 0.25) is 0 Å². The number of benzene rings is 1. The van der Waals surface area contributed by atoms with Gasteiger partial charge in [0.25, 0.3) is 5.91 Å². The average molecular weight is 314 g/mol. The van der Waals surface area contributed by atoms with Crippen LogP contribution in [-0.2, 0) is 0 Å². The Morgan fingerprint density at radius 2 is 2.24 bits per heavy atom. The number of thiazole rings is 1. The van der Waals surface area contributed by atoms with Gasteiger partial charge in [0.2, 0.25) is 0 Å². The van der Waals surface area contributed by atoms with Crippen molar-refractivity contribution in [2.75, 3.05) is 6.54 Å². The number of amides is 1. The summed E-state index contributed by atoms with van der Waals surface area (Å²) in [6.07, 6.45) is 2.15. The monoisotopic (exact) mass is 314 g/mol. The van der Waals surface area contributed by atoms with E-state index in [-0.39, 0.29) is 11.9 Å². The van der Waals surface area contributed by atoms with Crippen LogP contribution in [0, 0.1) is 0 Å². The maximum atomic E-state index is 12.8. The number of nitrogens with zero attached hydrogens (tertiary/aromatic N) is 2. The van der Waals surface area contributed by atoms with Crippen molar-refractivity contribution >= 4 is 38.8 Å². The Morgan fingerprint density at radius 1 is 1.29 bits per heavy atom. The van der Waals surface area contributed by atoms with Crippen LogP contribution in [0.25, 0.3) is 10.2 Å². The van der Waals surface area contributed by atoms with Crippen LogP contribution in [0.15, 0.2) is 41.2 Å². The van der Waals surface area contributed by atoms with E-state index in [1.807, 2.05) is 28.6 Å². The Balaban J connectivity index is 1.66. The number of rotatable bonds is 2. The van der Waals surface area contributed by atoms with E-state index < -0.39 is 0 Å². The van der Waals surface area contributed by atoms with Crippen molar-refractivity contribution in [1.29, 1.82) is 0 Å². The SMILES string of the molecule is O=C(c1ccc2ncsc2c1)N1CCCC1c1cccs1. The van der Waals surface area contributed by atoms with Gasteiger partial charge in [0.15, 0.2) is 0 Å². The minimum Gasteiger partial charge on any atom is -0.331 e. The van der Waals surface area contributed by atoms with Gasteiger partial charge < -0.3 is 4.90 Å². The summed E-state index contributed by atoms with van der Waals surface area (Å²) < 4.78 is 1.08. The summed E-state index contributed by atoms with van der Waals surface area (Å²) in [6, 6.07) is 10.2. The third kappa shape index (κ3) is 2.26. The van der Waals surface area contributed by atoms with Gasteiger partial charge >= 0.3 is 0 Å². The van der Waals surface area contributed by atoms with Crippen LogP contribution in [0.1, 0.15) is 34.1 Å². The summed E-state index contributed by atoms with van der Waals surface area (Å²) >= 11 is 3.32. The van der Waals surface area contributed by atoms with Crippen molar-refractivity contribution in [1.82, 2.24) is 9.88 Å². The van der Waals surface area contributed by atoms with Gasteiger partial charge in [-0.1, -0.05) is 6.07 Å². The van der Waals surface area contributed by atoms with E-state index in [1.54, 1.807) is 22.7 Å². The summed E-state index contributed by atoms with van der Waals surface area (Å²) in [5.74, 6) is 0.140. The fraction of sp³-hybridized carbons (Fsp3) is 0.250. The summed E-state index contributed by atoms with van der Waals surface area (Å²) in [5.41, 5.74) is 3.56. The fourth-order valence-electron chi connectivity index (χ4n) is 2.94. The Hall–Kier alpha value is -1.72. The quantitative estimate of drug-likeness (QED) is 0.705. The smallest absolute Gasteiger partial charge is 0.254 e. The van der Waals surface area contributed by atoms with Crippen molar-refractivity contribution in [3.05, 3.63) is 51.7 Å². The molecule has 1 unspecified atom stereocenters. The van der Waals surface area contributed by atoms with Crippen LogP contribution < -0.4 is 0 Å². The lowest BCUT2D eigenvalue weighted by atomic mass is 10.1. The lowest BCUT2D eigenvalue weighted by Gasteiger charge is -2.24. The average Bonchev–Trinajstić information content (AvgIpc) is 3.24. The molecule has 1 atom stereocenters. The molecule has 0 aliphatic carbocycles. The van der Waals surface area contributed by atoms with Crippen LogP contribution in [0.5, 0.6) is 0 Å². The molecule has 0 N–H and O–H groups in total. The molecule has 0 saturated carbocycles. The normalized spacial score (nSPS) is 18.5. The van der Waals surface area contributed by atoms with E-state index in [0.29, 0.717) is 0 Å². The maximum Gasteiger partial charge on any atom is 0.254 e. The number of thiophene rings is 1. The molecule has 106 valence electrons. The molecule has 0 spiro atoms. The topological polar surface area (TPSA) is 33.2 Å². The summed E-state index contributed by atoms with van der Waals surface area (Å²) in [7, 11) is 0. The zero-order valence-corrected chi connectivity index (χ0v) is 13.0. The molecule has 1 amide bonds. The maximum absolute atomic E-state index is 12.8. The van der Waals surface area contributed by atoms with Gasteiger partial charge in [-0.25, -0.2) is 4.98 Å².